The number of carbonyl (C=O) groups is 1. The van der Waals surface area contributed by atoms with Gasteiger partial charge in [0.15, 0.2) is 0 Å². The first kappa shape index (κ1) is 23.1. The standard InChI is InChI=1S/C23H21F3N4O2S/c1-13(32-3)20-16(12-27-22-21(20)29-14(2)33-22)11-17(31)9-15-5-6-19(30-8-4-7-28-30)18(10-15)23(24,25)26/h4-8,10,12-13H,9,11H2,1-3H3/t13-/m1/s1. The third-order valence-electron chi connectivity index (χ3n) is 5.32. The molecule has 10 heteroatoms. The van der Waals surface area contributed by atoms with E-state index in [-0.39, 0.29) is 36.0 Å². The van der Waals surface area contributed by atoms with E-state index >= 15 is 0 Å². The van der Waals surface area contributed by atoms with Crippen LogP contribution in [0.25, 0.3) is 16.0 Å². The molecule has 0 spiro atoms. The molecule has 1 atom stereocenters. The summed E-state index contributed by atoms with van der Waals surface area (Å²) in [5, 5.41) is 4.74. The second-order valence-corrected chi connectivity index (χ2v) is 8.84. The van der Waals surface area contributed by atoms with Gasteiger partial charge in [0.1, 0.15) is 16.1 Å². The summed E-state index contributed by atoms with van der Waals surface area (Å²) in [4.78, 5) is 22.6. The van der Waals surface area contributed by atoms with Gasteiger partial charge in [-0.25, -0.2) is 14.6 Å². The normalized spacial score (nSPS) is 12.9. The summed E-state index contributed by atoms with van der Waals surface area (Å²) in [6.45, 7) is 3.74. The highest BCUT2D eigenvalue weighted by Gasteiger charge is 2.34. The van der Waals surface area contributed by atoms with Crippen LogP contribution in [-0.2, 0) is 28.5 Å². The van der Waals surface area contributed by atoms with Crippen molar-refractivity contribution >= 4 is 27.5 Å². The second-order valence-electron chi connectivity index (χ2n) is 7.65. The lowest BCUT2D eigenvalue weighted by molar-refractivity contribution is -0.137. The van der Waals surface area contributed by atoms with Gasteiger partial charge in [0.25, 0.3) is 0 Å². The molecule has 0 aliphatic carbocycles. The molecule has 1 aromatic carbocycles. The number of hydrogen-bond acceptors (Lipinski definition) is 6. The minimum absolute atomic E-state index is 0.0187. The Kier molecular flexibility index (Phi) is 6.31. The van der Waals surface area contributed by atoms with Crippen LogP contribution in [0.1, 0.15) is 40.3 Å². The lowest BCUT2D eigenvalue weighted by Gasteiger charge is -2.16. The van der Waals surface area contributed by atoms with E-state index in [0.29, 0.717) is 11.1 Å². The minimum Gasteiger partial charge on any atom is -0.377 e. The van der Waals surface area contributed by atoms with Crippen molar-refractivity contribution in [1.29, 1.82) is 0 Å². The molecule has 6 nitrogen and oxygen atoms in total. The second kappa shape index (κ2) is 9.03. The van der Waals surface area contributed by atoms with Crippen LogP contribution in [0.3, 0.4) is 0 Å². The molecule has 4 rings (SSSR count). The number of benzene rings is 1. The molecule has 172 valence electrons. The smallest absolute Gasteiger partial charge is 0.377 e. The first-order valence-electron chi connectivity index (χ1n) is 10.2. The van der Waals surface area contributed by atoms with Gasteiger partial charge in [-0.05, 0) is 43.2 Å². The first-order chi connectivity index (χ1) is 15.7. The van der Waals surface area contributed by atoms with E-state index in [1.54, 1.807) is 19.4 Å². The summed E-state index contributed by atoms with van der Waals surface area (Å²) in [6.07, 6.45) is -0.543. The molecule has 3 heterocycles. The predicted molar refractivity (Wildman–Crippen MR) is 119 cm³/mol. The summed E-state index contributed by atoms with van der Waals surface area (Å²) < 4.78 is 47.7. The quantitative estimate of drug-likeness (QED) is 0.365. The van der Waals surface area contributed by atoms with E-state index < -0.39 is 11.7 Å². The zero-order valence-corrected chi connectivity index (χ0v) is 19.0. The zero-order chi connectivity index (χ0) is 23.8. The van der Waals surface area contributed by atoms with Crippen LogP contribution in [0.15, 0.2) is 42.9 Å². The van der Waals surface area contributed by atoms with Crippen LogP contribution in [-0.4, -0.2) is 32.6 Å². The van der Waals surface area contributed by atoms with Crippen LogP contribution in [0.4, 0.5) is 13.2 Å². The van der Waals surface area contributed by atoms with Crippen LogP contribution in [0.2, 0.25) is 0 Å². The van der Waals surface area contributed by atoms with Crippen molar-refractivity contribution in [3.63, 3.8) is 0 Å². The molecule has 0 unspecified atom stereocenters. The number of ether oxygens (including phenoxy) is 1. The summed E-state index contributed by atoms with van der Waals surface area (Å²) in [5.41, 5.74) is 1.49. The van der Waals surface area contributed by atoms with Gasteiger partial charge in [-0.15, -0.1) is 0 Å². The van der Waals surface area contributed by atoms with Crippen LogP contribution >= 0.6 is 11.3 Å². The number of pyridine rings is 1. The largest absolute Gasteiger partial charge is 0.418 e. The Balaban J connectivity index is 1.63. The fraction of sp³-hybridized carbons (Fsp3) is 0.304. The maximum Gasteiger partial charge on any atom is 0.418 e. The molecule has 0 N–H and O–H groups in total. The SMILES string of the molecule is CO[C@H](C)c1c(CC(=O)Cc2ccc(-n3cccn3)c(C(F)(F)F)c2)cnc2sc(C)nc12. The number of alkyl halides is 3. The molecule has 3 aromatic heterocycles. The Bertz CT molecular complexity index is 1300. The summed E-state index contributed by atoms with van der Waals surface area (Å²) in [7, 11) is 1.57. The number of fused-ring (bicyclic) bond motifs is 1. The minimum atomic E-state index is -4.58. The van der Waals surface area contributed by atoms with Gasteiger partial charge in [-0.2, -0.15) is 18.3 Å². The van der Waals surface area contributed by atoms with Gasteiger partial charge in [0.2, 0.25) is 0 Å². The molecule has 33 heavy (non-hydrogen) atoms. The average Bonchev–Trinajstić information content (AvgIpc) is 3.41. The highest BCUT2D eigenvalue weighted by molar-refractivity contribution is 7.18. The topological polar surface area (TPSA) is 69.9 Å². The monoisotopic (exact) mass is 474 g/mol. The lowest BCUT2D eigenvalue weighted by Crippen LogP contribution is -2.14. The number of aromatic nitrogens is 4. The molecule has 0 saturated heterocycles. The van der Waals surface area contributed by atoms with Crippen LogP contribution in [0.5, 0.6) is 0 Å². The van der Waals surface area contributed by atoms with Gasteiger partial charge in [-0.1, -0.05) is 17.4 Å². The Morgan fingerprint density at radius 3 is 2.73 bits per heavy atom. The van der Waals surface area contributed by atoms with E-state index in [4.69, 9.17) is 4.74 Å². The molecule has 0 aliphatic rings. The number of thiazole rings is 1. The van der Waals surface area contributed by atoms with Gasteiger partial charge >= 0.3 is 6.18 Å². The number of methoxy groups -OCH3 is 1. The fourth-order valence-corrected chi connectivity index (χ4v) is 4.56. The van der Waals surface area contributed by atoms with Gasteiger partial charge in [0.05, 0.1) is 22.4 Å². The highest BCUT2D eigenvalue weighted by atomic mass is 32.1. The molecule has 0 radical (unpaired) electrons. The van der Waals surface area contributed by atoms with Gasteiger partial charge in [-0.3, -0.25) is 4.79 Å². The van der Waals surface area contributed by atoms with Crippen molar-refractivity contribution in [3.05, 3.63) is 70.1 Å². The van der Waals surface area contributed by atoms with E-state index in [1.165, 1.54) is 35.9 Å². The number of aryl methyl sites for hydroxylation is 1. The number of halogens is 3. The Hall–Kier alpha value is -3.11. The van der Waals surface area contributed by atoms with Crippen molar-refractivity contribution in [3.8, 4) is 5.69 Å². The Morgan fingerprint density at radius 2 is 2.06 bits per heavy atom. The van der Waals surface area contributed by atoms with Crippen LogP contribution in [0, 0.1) is 6.92 Å². The number of Topliss-reactive ketones (excluding diaryl/α,β-unsaturated/α-hetero) is 1. The third kappa shape index (κ3) is 4.81. The molecule has 0 saturated carbocycles. The molecule has 0 bridgehead atoms. The number of hydrogen-bond donors (Lipinski definition) is 0. The first-order valence-corrected chi connectivity index (χ1v) is 11.0. The number of ketones is 1. The van der Waals surface area contributed by atoms with Crippen molar-refractivity contribution in [2.24, 2.45) is 0 Å². The predicted octanol–water partition coefficient (Wildman–Crippen LogP) is 5.27. The molecular weight excluding hydrogens is 453 g/mol. The van der Waals surface area contributed by atoms with Crippen molar-refractivity contribution in [2.45, 2.75) is 39.0 Å². The molecular formula is C23H21F3N4O2S. The summed E-state index contributed by atoms with van der Waals surface area (Å²) >= 11 is 1.45. The summed E-state index contributed by atoms with van der Waals surface area (Å²) in [5.74, 6) is -0.229. The Morgan fingerprint density at radius 1 is 1.27 bits per heavy atom. The maximum atomic E-state index is 13.7. The number of rotatable bonds is 7. The van der Waals surface area contributed by atoms with Crippen molar-refractivity contribution in [1.82, 2.24) is 19.7 Å². The lowest BCUT2D eigenvalue weighted by atomic mass is 9.96. The Labute approximate surface area is 192 Å². The summed E-state index contributed by atoms with van der Waals surface area (Å²) in [6, 6.07) is 5.42. The highest BCUT2D eigenvalue weighted by Crippen LogP contribution is 2.35. The molecule has 0 fully saturated rings. The molecule has 0 amide bonds. The van der Waals surface area contributed by atoms with E-state index in [0.717, 1.165) is 26.1 Å². The third-order valence-corrected chi connectivity index (χ3v) is 6.20. The molecule has 0 aliphatic heterocycles. The van der Waals surface area contributed by atoms with E-state index in [2.05, 4.69) is 15.1 Å². The van der Waals surface area contributed by atoms with E-state index in [9.17, 15) is 18.0 Å². The van der Waals surface area contributed by atoms with E-state index in [1.807, 2.05) is 13.8 Å². The maximum absolute atomic E-state index is 13.7. The fourth-order valence-electron chi connectivity index (χ4n) is 3.78. The average molecular weight is 475 g/mol. The molecule has 4 aromatic rings. The van der Waals surface area contributed by atoms with Gasteiger partial charge in [0, 0.05) is 44.1 Å². The van der Waals surface area contributed by atoms with Crippen molar-refractivity contribution < 1.29 is 22.7 Å². The number of nitrogens with zero attached hydrogens (tertiary/aromatic N) is 4. The van der Waals surface area contributed by atoms with Crippen LogP contribution < -0.4 is 0 Å². The van der Waals surface area contributed by atoms with Gasteiger partial charge < -0.3 is 4.74 Å². The number of carbonyl (C=O) groups excluding carboxylic acids is 1. The zero-order valence-electron chi connectivity index (χ0n) is 18.2. The van der Waals surface area contributed by atoms with Crippen molar-refractivity contribution in [2.75, 3.05) is 7.11 Å².